The molecule has 1 aromatic heterocycles. The zero-order valence-electron chi connectivity index (χ0n) is 27.2. The van der Waals surface area contributed by atoms with Crippen LogP contribution in [0.4, 0.5) is 5.69 Å². The highest BCUT2D eigenvalue weighted by Crippen LogP contribution is 2.43. The molecule has 3 aliphatic heterocycles. The van der Waals surface area contributed by atoms with Gasteiger partial charge in [-0.05, 0) is 60.4 Å². The van der Waals surface area contributed by atoms with Crippen LogP contribution in [-0.4, -0.2) is 57.1 Å². The molecule has 8 rings (SSSR count). The van der Waals surface area contributed by atoms with Gasteiger partial charge in [-0.3, -0.25) is 14.2 Å². The Kier molecular flexibility index (Phi) is 8.25. The Morgan fingerprint density at radius 3 is 2.20 bits per heavy atom. The number of aliphatic hydroxyl groups excluding tert-OH is 1. The van der Waals surface area contributed by atoms with E-state index in [2.05, 4.69) is 16.8 Å². The van der Waals surface area contributed by atoms with Crippen LogP contribution in [0.3, 0.4) is 0 Å². The van der Waals surface area contributed by atoms with Gasteiger partial charge in [0.1, 0.15) is 0 Å². The largest absolute Gasteiger partial charge is 0.392 e. The van der Waals surface area contributed by atoms with Crippen LogP contribution >= 0.6 is 0 Å². The maximum absolute atomic E-state index is 13.3. The maximum atomic E-state index is 13.3. The lowest BCUT2D eigenvalue weighted by atomic mass is 9.89. The number of rotatable bonds is 7. The van der Waals surface area contributed by atoms with E-state index in [1.165, 1.54) is 4.90 Å². The van der Waals surface area contributed by atoms with Crippen LogP contribution in [0.2, 0.25) is 0 Å². The van der Waals surface area contributed by atoms with Crippen molar-refractivity contribution in [2.45, 2.75) is 50.9 Å². The molecular weight excluding hydrogens is 620 g/mol. The molecule has 0 saturated carbocycles. The SMILES string of the molecule is C[C@@H]1[C@H](CN2CCC(n3c(=O)[nH]c4ccccc43)CC2)O[C@H](c2cccc(N3C(=O)c4ccccc4C3=O)c2)O[C@@H]1c1ccc(CO)cc1. The van der Waals surface area contributed by atoms with Crippen molar-refractivity contribution in [3.05, 3.63) is 135 Å². The molecule has 10 nitrogen and oxygen atoms in total. The number of carbonyl (C=O) groups is 2. The molecule has 49 heavy (non-hydrogen) atoms. The number of nitrogens with zero attached hydrogens (tertiary/aromatic N) is 3. The second kappa shape index (κ2) is 12.9. The first-order valence-corrected chi connectivity index (χ1v) is 16.9. The number of amides is 2. The third kappa shape index (κ3) is 5.70. The van der Waals surface area contributed by atoms with Crippen molar-refractivity contribution < 1.29 is 24.2 Å². The highest BCUT2D eigenvalue weighted by Gasteiger charge is 2.41. The minimum absolute atomic E-state index is 0.00962. The number of fused-ring (bicyclic) bond motifs is 2. The standard InChI is InChI=1S/C39H38N4O6/c1-24-34(22-41-19-17-28(18-20-41)42-33-12-5-4-11-32(33)40-39(42)47)48-38(49-35(24)26-15-13-25(23-44)14-16-26)27-7-6-8-29(21-27)43-36(45)30-9-2-3-10-31(30)37(43)46/h2-16,21,24,28,34-35,38,44H,17-20,22-23H2,1H3,(H,40,47)/t24-,34+,35+,38+/m1/s1. The molecule has 0 unspecified atom stereocenters. The minimum Gasteiger partial charge on any atom is -0.392 e. The topological polar surface area (TPSA) is 117 Å². The van der Waals surface area contributed by atoms with Crippen molar-refractivity contribution in [2.24, 2.45) is 5.92 Å². The fourth-order valence-corrected chi connectivity index (χ4v) is 7.61. The summed E-state index contributed by atoms with van der Waals surface area (Å²) in [7, 11) is 0. The number of benzene rings is 4. The smallest absolute Gasteiger partial charge is 0.326 e. The Balaban J connectivity index is 1.04. The number of aromatic nitrogens is 2. The third-order valence-electron chi connectivity index (χ3n) is 10.3. The average Bonchev–Trinajstić information content (AvgIpc) is 3.61. The van der Waals surface area contributed by atoms with Crippen LogP contribution in [0.15, 0.2) is 102 Å². The lowest BCUT2D eigenvalue weighted by Gasteiger charge is -2.44. The van der Waals surface area contributed by atoms with Gasteiger partial charge < -0.3 is 24.5 Å². The Labute approximate surface area is 283 Å². The number of H-pyrrole nitrogens is 1. The predicted molar refractivity (Wildman–Crippen MR) is 184 cm³/mol. The van der Waals surface area contributed by atoms with E-state index in [0.717, 1.165) is 48.1 Å². The van der Waals surface area contributed by atoms with Crippen molar-refractivity contribution >= 4 is 28.5 Å². The van der Waals surface area contributed by atoms with Crippen LogP contribution in [0.25, 0.3) is 11.0 Å². The highest BCUT2D eigenvalue weighted by atomic mass is 16.7. The molecule has 0 radical (unpaired) electrons. The molecule has 2 amide bonds. The van der Waals surface area contributed by atoms with Crippen molar-refractivity contribution in [1.29, 1.82) is 0 Å². The maximum Gasteiger partial charge on any atom is 0.326 e. The number of ether oxygens (including phenoxy) is 2. The summed E-state index contributed by atoms with van der Waals surface area (Å²) < 4.78 is 15.3. The Morgan fingerprint density at radius 1 is 0.796 bits per heavy atom. The Morgan fingerprint density at radius 2 is 1.49 bits per heavy atom. The number of para-hydroxylation sites is 2. The number of imidazole rings is 1. The molecule has 4 heterocycles. The number of aromatic amines is 1. The summed E-state index contributed by atoms with van der Waals surface area (Å²) in [4.78, 5) is 46.0. The first kappa shape index (κ1) is 31.4. The first-order valence-electron chi connectivity index (χ1n) is 16.9. The summed E-state index contributed by atoms with van der Waals surface area (Å²) in [6, 6.07) is 29.9. The Hall–Kier alpha value is -4.87. The molecule has 0 aliphatic carbocycles. The van der Waals surface area contributed by atoms with E-state index in [1.807, 2.05) is 65.2 Å². The molecule has 5 aromatic rings. The van der Waals surface area contributed by atoms with E-state index >= 15 is 0 Å². The quantitative estimate of drug-likeness (QED) is 0.214. The van der Waals surface area contributed by atoms with E-state index in [0.29, 0.717) is 28.9 Å². The van der Waals surface area contributed by atoms with Gasteiger partial charge >= 0.3 is 5.69 Å². The zero-order chi connectivity index (χ0) is 33.6. The number of aliphatic hydroxyl groups is 1. The summed E-state index contributed by atoms with van der Waals surface area (Å²) in [5.41, 5.74) is 5.49. The summed E-state index contributed by atoms with van der Waals surface area (Å²) in [5, 5.41) is 9.63. The molecule has 2 saturated heterocycles. The molecule has 2 fully saturated rings. The monoisotopic (exact) mass is 658 g/mol. The van der Waals surface area contributed by atoms with Gasteiger partial charge in [0.2, 0.25) is 0 Å². The molecule has 0 bridgehead atoms. The van der Waals surface area contributed by atoms with Crippen molar-refractivity contribution in [3.63, 3.8) is 0 Å². The lowest BCUT2D eigenvalue weighted by molar-refractivity contribution is -0.276. The summed E-state index contributed by atoms with van der Waals surface area (Å²) in [6.45, 7) is 4.42. The summed E-state index contributed by atoms with van der Waals surface area (Å²) in [6.07, 6.45) is 0.438. The average molecular weight is 659 g/mol. The fraction of sp³-hybridized carbons (Fsp3) is 0.308. The lowest BCUT2D eigenvalue weighted by Crippen LogP contribution is -2.47. The van der Waals surface area contributed by atoms with Gasteiger partial charge in [0, 0.05) is 37.2 Å². The van der Waals surface area contributed by atoms with E-state index in [-0.39, 0.29) is 48.3 Å². The van der Waals surface area contributed by atoms with Gasteiger partial charge in [-0.25, -0.2) is 9.69 Å². The zero-order valence-corrected chi connectivity index (χ0v) is 27.2. The van der Waals surface area contributed by atoms with Crippen molar-refractivity contribution in [3.8, 4) is 0 Å². The second-order valence-corrected chi connectivity index (χ2v) is 13.3. The number of imide groups is 1. The van der Waals surface area contributed by atoms with Crippen LogP contribution < -0.4 is 10.6 Å². The predicted octanol–water partition coefficient (Wildman–Crippen LogP) is 5.75. The molecule has 2 N–H and O–H groups in total. The number of likely N-dealkylation sites (tertiary alicyclic amines) is 1. The number of hydrogen-bond acceptors (Lipinski definition) is 7. The van der Waals surface area contributed by atoms with Crippen LogP contribution in [0, 0.1) is 5.92 Å². The molecule has 4 atom stereocenters. The van der Waals surface area contributed by atoms with Crippen molar-refractivity contribution in [2.75, 3.05) is 24.5 Å². The van der Waals surface area contributed by atoms with E-state index in [4.69, 9.17) is 9.47 Å². The summed E-state index contributed by atoms with van der Waals surface area (Å²) in [5.74, 6) is -0.714. The first-order chi connectivity index (χ1) is 23.9. The third-order valence-corrected chi connectivity index (χ3v) is 10.3. The minimum atomic E-state index is -0.749. The number of hydrogen-bond donors (Lipinski definition) is 2. The van der Waals surface area contributed by atoms with Gasteiger partial charge in [-0.2, -0.15) is 0 Å². The van der Waals surface area contributed by atoms with Gasteiger partial charge in [0.25, 0.3) is 11.8 Å². The molecule has 4 aromatic carbocycles. The normalized spacial score (nSPS) is 23.3. The van der Waals surface area contributed by atoms with Crippen LogP contribution in [-0.2, 0) is 16.1 Å². The van der Waals surface area contributed by atoms with Gasteiger partial charge in [0.05, 0.1) is 46.7 Å². The van der Waals surface area contributed by atoms with Gasteiger partial charge in [-0.1, -0.05) is 67.6 Å². The van der Waals surface area contributed by atoms with Crippen LogP contribution in [0.5, 0.6) is 0 Å². The van der Waals surface area contributed by atoms with Crippen molar-refractivity contribution in [1.82, 2.24) is 14.5 Å². The Bertz CT molecular complexity index is 2040. The van der Waals surface area contributed by atoms with E-state index in [1.54, 1.807) is 36.4 Å². The number of carbonyl (C=O) groups excluding carboxylic acids is 2. The van der Waals surface area contributed by atoms with E-state index in [9.17, 15) is 19.5 Å². The van der Waals surface area contributed by atoms with Crippen LogP contribution in [0.1, 0.15) is 75.6 Å². The highest BCUT2D eigenvalue weighted by molar-refractivity contribution is 6.34. The molecule has 0 spiro atoms. The molecule has 3 aliphatic rings. The second-order valence-electron chi connectivity index (χ2n) is 13.3. The van der Waals surface area contributed by atoms with Gasteiger partial charge in [-0.15, -0.1) is 0 Å². The fourth-order valence-electron chi connectivity index (χ4n) is 7.61. The number of anilines is 1. The summed E-state index contributed by atoms with van der Waals surface area (Å²) >= 11 is 0. The van der Waals surface area contributed by atoms with Gasteiger partial charge in [0.15, 0.2) is 6.29 Å². The molecule has 250 valence electrons. The van der Waals surface area contributed by atoms with E-state index < -0.39 is 6.29 Å². The number of piperidine rings is 1. The molecule has 10 heteroatoms. The molecular formula is C39H38N4O6. The number of nitrogens with one attached hydrogen (secondary N) is 1.